The molecule has 3 aromatic carbocycles. The van der Waals surface area contributed by atoms with Crippen LogP contribution >= 0.6 is 23.5 Å². The minimum absolute atomic E-state index is 0.0359. The van der Waals surface area contributed by atoms with Crippen molar-refractivity contribution in [2.45, 2.75) is 60.9 Å². The molecule has 0 aromatic heterocycles. The monoisotopic (exact) mass is 866 g/mol. The SMILES string of the molecule is FC(F)(F)C1=CC2C3=C(SC2C=C1)C1=C2C4=C(C=C5C6=C(CCC(C(F)(F)F)=C6)SC5C4C(c4ccccc4)=C(c4ccccc4)C2C3)C(c2ccccc2)C1C1=CCCC=C1. The number of hydrogen-bond donors (Lipinski definition) is 0. The number of alkyl halides is 6. The fraction of sp³-hybridized carbons (Fsp3) is 0.259. The Hall–Kier alpha value is -4.92. The summed E-state index contributed by atoms with van der Waals surface area (Å²) in [5.41, 5.74) is 13.4. The van der Waals surface area contributed by atoms with Gasteiger partial charge in [-0.3, -0.25) is 0 Å². The summed E-state index contributed by atoms with van der Waals surface area (Å²) in [5.74, 6) is -1.13. The predicted molar refractivity (Wildman–Crippen MR) is 240 cm³/mol. The summed E-state index contributed by atoms with van der Waals surface area (Å²) in [6.45, 7) is 0. The molecule has 0 bridgehead atoms. The van der Waals surface area contributed by atoms with Gasteiger partial charge in [0.15, 0.2) is 0 Å². The lowest BCUT2D eigenvalue weighted by Gasteiger charge is -2.52. The predicted octanol–water partition coefficient (Wildman–Crippen LogP) is 15.2. The summed E-state index contributed by atoms with van der Waals surface area (Å²) in [7, 11) is 0. The molecule has 0 N–H and O–H groups in total. The van der Waals surface area contributed by atoms with E-state index < -0.39 is 29.4 Å². The zero-order chi connectivity index (χ0) is 42.1. The normalized spacial score (nSPS) is 29.7. The van der Waals surface area contributed by atoms with Crippen LogP contribution in [0.1, 0.15) is 54.7 Å². The summed E-state index contributed by atoms with van der Waals surface area (Å²) in [6, 6.07) is 31.4. The van der Waals surface area contributed by atoms with Crippen molar-refractivity contribution >= 4 is 34.7 Å². The Bertz CT molecular complexity index is 2800. The van der Waals surface area contributed by atoms with Crippen LogP contribution in [0, 0.1) is 23.7 Å². The highest BCUT2D eigenvalue weighted by Crippen LogP contribution is 2.71. The molecule has 7 atom stereocenters. The van der Waals surface area contributed by atoms with E-state index in [1.165, 1.54) is 51.7 Å². The third-order valence-electron chi connectivity index (χ3n) is 14.4. The van der Waals surface area contributed by atoms with Gasteiger partial charge in [-0.1, -0.05) is 134 Å². The van der Waals surface area contributed by atoms with Gasteiger partial charge in [-0.2, -0.15) is 26.3 Å². The maximum atomic E-state index is 14.6. The van der Waals surface area contributed by atoms with Crippen molar-refractivity contribution in [2.75, 3.05) is 0 Å². The highest BCUT2D eigenvalue weighted by Gasteiger charge is 2.57. The molecule has 8 heteroatoms. The van der Waals surface area contributed by atoms with Gasteiger partial charge >= 0.3 is 12.4 Å². The summed E-state index contributed by atoms with van der Waals surface area (Å²) < 4.78 is 87.3. The first kappa shape index (κ1) is 38.7. The topological polar surface area (TPSA) is 0 Å². The average Bonchev–Trinajstić information content (AvgIpc) is 3.85. The van der Waals surface area contributed by atoms with Gasteiger partial charge in [0.2, 0.25) is 0 Å². The zero-order valence-electron chi connectivity index (χ0n) is 33.4. The maximum absolute atomic E-state index is 14.6. The molecule has 12 rings (SSSR count). The second-order valence-corrected chi connectivity index (χ2v) is 20.0. The smallest absolute Gasteiger partial charge is 0.166 e. The van der Waals surface area contributed by atoms with Crippen LogP contribution in [0.25, 0.3) is 11.1 Å². The molecule has 0 amide bonds. The molecule has 9 aliphatic rings. The van der Waals surface area contributed by atoms with Gasteiger partial charge in [-0.05, 0) is 116 Å². The molecule has 0 saturated carbocycles. The molecule has 3 aromatic rings. The van der Waals surface area contributed by atoms with Crippen molar-refractivity contribution in [3.63, 3.8) is 0 Å². The van der Waals surface area contributed by atoms with E-state index in [0.717, 1.165) is 61.6 Å². The van der Waals surface area contributed by atoms with Crippen LogP contribution in [-0.4, -0.2) is 22.9 Å². The lowest BCUT2D eigenvalue weighted by Crippen LogP contribution is -2.40. The Balaban J connectivity index is 1.22. The summed E-state index contributed by atoms with van der Waals surface area (Å²) in [4.78, 5) is 2.15. The van der Waals surface area contributed by atoms with Crippen molar-refractivity contribution in [2.24, 2.45) is 23.7 Å². The van der Waals surface area contributed by atoms with Crippen LogP contribution in [0.15, 0.2) is 205 Å². The Morgan fingerprint density at radius 3 is 2.00 bits per heavy atom. The second-order valence-electron chi connectivity index (χ2n) is 17.6. The second kappa shape index (κ2) is 14.3. The van der Waals surface area contributed by atoms with Crippen molar-refractivity contribution in [1.82, 2.24) is 0 Å². The quantitative estimate of drug-likeness (QED) is 0.240. The minimum atomic E-state index is -4.46. The molecular formula is C54H40F6S2. The number of fused-ring (bicyclic) bond motifs is 6. The van der Waals surface area contributed by atoms with Gasteiger partial charge in [0.1, 0.15) is 0 Å². The fourth-order valence-electron chi connectivity index (χ4n) is 12.0. The molecule has 7 unspecified atom stereocenters. The number of rotatable bonds is 4. The fourth-order valence-corrected chi connectivity index (χ4v) is 15.1. The van der Waals surface area contributed by atoms with E-state index in [2.05, 4.69) is 97.1 Å². The van der Waals surface area contributed by atoms with Crippen molar-refractivity contribution in [3.8, 4) is 0 Å². The first-order valence-electron chi connectivity index (χ1n) is 21.6. The van der Waals surface area contributed by atoms with Crippen LogP contribution in [0.4, 0.5) is 26.3 Å². The first-order valence-corrected chi connectivity index (χ1v) is 23.3. The number of hydrogen-bond acceptors (Lipinski definition) is 2. The van der Waals surface area contributed by atoms with Crippen molar-refractivity contribution in [1.29, 1.82) is 0 Å². The third kappa shape index (κ3) is 5.91. The summed E-state index contributed by atoms with van der Waals surface area (Å²) in [6.07, 6.45) is 8.95. The van der Waals surface area contributed by atoms with Gasteiger partial charge in [0.25, 0.3) is 0 Å². The van der Waals surface area contributed by atoms with Crippen LogP contribution < -0.4 is 0 Å². The maximum Gasteiger partial charge on any atom is 0.416 e. The van der Waals surface area contributed by atoms with Gasteiger partial charge in [0.05, 0.1) is 5.57 Å². The van der Waals surface area contributed by atoms with E-state index in [1.54, 1.807) is 29.6 Å². The summed E-state index contributed by atoms with van der Waals surface area (Å²) >= 11 is 3.48. The Kier molecular flexibility index (Phi) is 8.93. The van der Waals surface area contributed by atoms with Crippen molar-refractivity contribution in [3.05, 3.63) is 222 Å². The number of allylic oxidation sites excluding steroid dienone is 19. The number of halogens is 6. The Labute approximate surface area is 365 Å². The van der Waals surface area contributed by atoms with Gasteiger partial charge < -0.3 is 0 Å². The molecule has 62 heavy (non-hydrogen) atoms. The molecule has 2 aliphatic heterocycles. The van der Waals surface area contributed by atoms with Crippen LogP contribution in [0.2, 0.25) is 0 Å². The molecule has 0 saturated heterocycles. The molecule has 0 spiro atoms. The van der Waals surface area contributed by atoms with E-state index in [9.17, 15) is 26.3 Å². The van der Waals surface area contributed by atoms with Crippen molar-refractivity contribution < 1.29 is 26.3 Å². The standard InChI is InChI=1S/C54H40F6S2/c55-53(56,57)33-21-23-41-35(25-33)37-27-39-43(29-13-5-1-6-14-29)45(31-17-9-3-10-18-31)49-48-40(28-38-36-26-34(54(58,59)60)22-24-42(36)61-51(38)49)44(30-15-7-2-8-16-30)46(32-19-11-4-12-20-32)50(47(39)48)52(37)62-41/h1-3,5-11,13-21,23,25-26,28,35,39,41,44,46,49,51H,4,12,22,24,27H2. The van der Waals surface area contributed by atoms with E-state index in [-0.39, 0.29) is 40.6 Å². The molecule has 310 valence electrons. The highest BCUT2D eigenvalue weighted by molar-refractivity contribution is 8.04. The van der Waals surface area contributed by atoms with Crippen LogP contribution in [-0.2, 0) is 0 Å². The van der Waals surface area contributed by atoms with E-state index >= 15 is 0 Å². The highest BCUT2D eigenvalue weighted by atomic mass is 32.2. The average molecular weight is 867 g/mol. The first-order chi connectivity index (χ1) is 30.0. The third-order valence-corrected chi connectivity index (χ3v) is 17.3. The van der Waals surface area contributed by atoms with E-state index in [1.807, 2.05) is 18.2 Å². The minimum Gasteiger partial charge on any atom is -0.166 e. The van der Waals surface area contributed by atoms with Gasteiger partial charge in [0, 0.05) is 50.6 Å². The Morgan fingerprint density at radius 2 is 1.32 bits per heavy atom. The van der Waals surface area contributed by atoms with Gasteiger partial charge in [-0.15, -0.1) is 23.5 Å². The molecule has 0 fully saturated rings. The lowest BCUT2D eigenvalue weighted by molar-refractivity contribution is -0.0942. The number of thioether (sulfide) groups is 2. The molecular weight excluding hydrogens is 827 g/mol. The van der Waals surface area contributed by atoms with Crippen LogP contribution in [0.5, 0.6) is 0 Å². The lowest BCUT2D eigenvalue weighted by atomic mass is 9.52. The molecule has 0 nitrogen and oxygen atoms in total. The molecule has 0 radical (unpaired) electrons. The van der Waals surface area contributed by atoms with E-state index in [0.29, 0.717) is 12.8 Å². The number of benzene rings is 3. The molecule has 2 heterocycles. The largest absolute Gasteiger partial charge is 0.416 e. The Morgan fingerprint density at radius 1 is 0.613 bits per heavy atom. The van der Waals surface area contributed by atoms with Gasteiger partial charge in [-0.25, -0.2) is 0 Å². The van der Waals surface area contributed by atoms with E-state index in [4.69, 9.17) is 0 Å². The molecule has 7 aliphatic carbocycles. The van der Waals surface area contributed by atoms with Crippen LogP contribution in [0.3, 0.4) is 0 Å². The zero-order valence-corrected chi connectivity index (χ0v) is 35.1. The summed E-state index contributed by atoms with van der Waals surface area (Å²) in [5, 5.41) is -0.328.